The van der Waals surface area contributed by atoms with Crippen molar-refractivity contribution < 1.29 is 4.79 Å². The minimum Gasteiger partial charge on any atom is -0.294 e. The fraction of sp³-hybridized carbons (Fsp3) is 0.588. The van der Waals surface area contributed by atoms with Gasteiger partial charge in [0, 0.05) is 12.0 Å². The predicted molar refractivity (Wildman–Crippen MR) is 75.9 cm³/mol. The fourth-order valence-electron chi connectivity index (χ4n) is 2.91. The van der Waals surface area contributed by atoms with Crippen molar-refractivity contribution >= 4 is 5.78 Å². The van der Waals surface area contributed by atoms with Crippen molar-refractivity contribution in [1.29, 1.82) is 0 Å². The largest absolute Gasteiger partial charge is 0.294 e. The number of hydrogen-bond acceptors (Lipinski definition) is 1. The van der Waals surface area contributed by atoms with Gasteiger partial charge >= 0.3 is 0 Å². The molecule has 0 atom stereocenters. The van der Waals surface area contributed by atoms with Crippen LogP contribution in [0.1, 0.15) is 67.3 Å². The Morgan fingerprint density at radius 3 is 2.44 bits per heavy atom. The van der Waals surface area contributed by atoms with Gasteiger partial charge < -0.3 is 0 Å². The number of hydrogen-bond donors (Lipinski definition) is 0. The molecular weight excluding hydrogens is 220 g/mol. The Hall–Kier alpha value is -1.11. The molecule has 0 radical (unpaired) electrons. The van der Waals surface area contributed by atoms with Crippen LogP contribution in [0, 0.1) is 12.8 Å². The summed E-state index contributed by atoms with van der Waals surface area (Å²) in [5, 5.41) is 0. The van der Waals surface area contributed by atoms with E-state index in [9.17, 15) is 4.79 Å². The summed E-state index contributed by atoms with van der Waals surface area (Å²) in [5.74, 6) is 1.20. The Bertz CT molecular complexity index is 371. The van der Waals surface area contributed by atoms with Crippen LogP contribution in [0.5, 0.6) is 0 Å². The van der Waals surface area contributed by atoms with Gasteiger partial charge in [0.15, 0.2) is 5.78 Å². The molecular formula is C17H24O. The van der Waals surface area contributed by atoms with E-state index in [0.29, 0.717) is 5.78 Å². The number of carbonyl (C=O) groups excluding carboxylic acids is 1. The SMILES string of the molecule is Cc1ccc(C(=O)CCCC2CCCCC2)cc1. The maximum atomic E-state index is 12.0. The summed E-state index contributed by atoms with van der Waals surface area (Å²) in [6, 6.07) is 7.96. The Morgan fingerprint density at radius 2 is 1.78 bits per heavy atom. The number of aryl methyl sites for hydroxylation is 1. The molecule has 0 bridgehead atoms. The molecule has 0 heterocycles. The summed E-state index contributed by atoms with van der Waals surface area (Å²) in [7, 11) is 0. The van der Waals surface area contributed by atoms with Crippen LogP contribution in [0.4, 0.5) is 0 Å². The molecule has 0 aromatic heterocycles. The van der Waals surface area contributed by atoms with Crippen molar-refractivity contribution in [2.75, 3.05) is 0 Å². The van der Waals surface area contributed by atoms with Crippen LogP contribution in [0.2, 0.25) is 0 Å². The van der Waals surface area contributed by atoms with Crippen molar-refractivity contribution in [2.45, 2.75) is 58.3 Å². The lowest BCUT2D eigenvalue weighted by atomic mass is 9.85. The first-order valence-electron chi connectivity index (χ1n) is 7.35. The van der Waals surface area contributed by atoms with E-state index in [1.165, 1.54) is 44.1 Å². The van der Waals surface area contributed by atoms with Crippen molar-refractivity contribution in [3.63, 3.8) is 0 Å². The van der Waals surface area contributed by atoms with Gasteiger partial charge in [-0.15, -0.1) is 0 Å². The number of ketones is 1. The third-order valence-electron chi connectivity index (χ3n) is 4.11. The van der Waals surface area contributed by atoms with E-state index in [-0.39, 0.29) is 0 Å². The summed E-state index contributed by atoms with van der Waals surface area (Å²) in [6.45, 7) is 2.05. The number of Topliss-reactive ketones (excluding diaryl/α,β-unsaturated/α-hetero) is 1. The summed E-state index contributed by atoms with van der Waals surface area (Å²) in [5.41, 5.74) is 2.10. The highest BCUT2D eigenvalue weighted by molar-refractivity contribution is 5.96. The summed E-state index contributed by atoms with van der Waals surface area (Å²) in [6.07, 6.45) is 10.0. The normalized spacial score (nSPS) is 16.7. The molecule has 98 valence electrons. The van der Waals surface area contributed by atoms with Gasteiger partial charge in [0.25, 0.3) is 0 Å². The zero-order valence-electron chi connectivity index (χ0n) is 11.5. The molecule has 1 aromatic carbocycles. The van der Waals surface area contributed by atoms with Crippen molar-refractivity contribution in [2.24, 2.45) is 5.92 Å². The van der Waals surface area contributed by atoms with Gasteiger partial charge in [-0.05, 0) is 19.3 Å². The van der Waals surface area contributed by atoms with Gasteiger partial charge in [-0.3, -0.25) is 4.79 Å². The molecule has 0 amide bonds. The van der Waals surface area contributed by atoms with E-state index in [0.717, 1.165) is 24.3 Å². The van der Waals surface area contributed by atoms with E-state index in [1.54, 1.807) is 0 Å². The molecule has 1 nitrogen and oxygen atoms in total. The molecule has 0 saturated heterocycles. The van der Waals surface area contributed by atoms with Crippen LogP contribution in [0.15, 0.2) is 24.3 Å². The monoisotopic (exact) mass is 244 g/mol. The van der Waals surface area contributed by atoms with Gasteiger partial charge in [0.05, 0.1) is 0 Å². The Morgan fingerprint density at radius 1 is 1.11 bits per heavy atom. The average Bonchev–Trinajstić information content (AvgIpc) is 2.40. The Kier molecular flexibility index (Phi) is 4.98. The second-order valence-electron chi connectivity index (χ2n) is 5.69. The average molecular weight is 244 g/mol. The van der Waals surface area contributed by atoms with E-state index < -0.39 is 0 Å². The quantitative estimate of drug-likeness (QED) is 0.671. The van der Waals surface area contributed by atoms with Crippen LogP contribution >= 0.6 is 0 Å². The zero-order valence-corrected chi connectivity index (χ0v) is 11.5. The van der Waals surface area contributed by atoms with Crippen LogP contribution in [0.25, 0.3) is 0 Å². The van der Waals surface area contributed by atoms with Crippen LogP contribution in [-0.4, -0.2) is 5.78 Å². The topological polar surface area (TPSA) is 17.1 Å². The first-order chi connectivity index (χ1) is 8.75. The molecule has 1 aliphatic rings. The third-order valence-corrected chi connectivity index (χ3v) is 4.11. The van der Waals surface area contributed by atoms with E-state index in [2.05, 4.69) is 6.92 Å². The molecule has 1 saturated carbocycles. The molecule has 1 aliphatic carbocycles. The maximum absolute atomic E-state index is 12.0. The number of carbonyl (C=O) groups is 1. The molecule has 0 N–H and O–H groups in total. The number of benzene rings is 1. The lowest BCUT2D eigenvalue weighted by molar-refractivity contribution is 0.0976. The minimum atomic E-state index is 0.311. The zero-order chi connectivity index (χ0) is 12.8. The van der Waals surface area contributed by atoms with Gasteiger partial charge in [-0.1, -0.05) is 68.4 Å². The number of rotatable bonds is 5. The highest BCUT2D eigenvalue weighted by Crippen LogP contribution is 2.27. The lowest BCUT2D eigenvalue weighted by Crippen LogP contribution is -2.07. The molecule has 0 unspecified atom stereocenters. The van der Waals surface area contributed by atoms with Crippen LogP contribution < -0.4 is 0 Å². The summed E-state index contributed by atoms with van der Waals surface area (Å²) in [4.78, 5) is 12.0. The molecule has 2 rings (SSSR count). The maximum Gasteiger partial charge on any atom is 0.162 e. The first-order valence-corrected chi connectivity index (χ1v) is 7.35. The lowest BCUT2D eigenvalue weighted by Gasteiger charge is -2.21. The molecule has 1 aromatic rings. The third kappa shape index (κ3) is 3.97. The van der Waals surface area contributed by atoms with Crippen molar-refractivity contribution in [1.82, 2.24) is 0 Å². The van der Waals surface area contributed by atoms with Gasteiger partial charge in [-0.2, -0.15) is 0 Å². The second-order valence-corrected chi connectivity index (χ2v) is 5.69. The van der Waals surface area contributed by atoms with Crippen LogP contribution in [-0.2, 0) is 0 Å². The van der Waals surface area contributed by atoms with E-state index >= 15 is 0 Å². The smallest absolute Gasteiger partial charge is 0.162 e. The summed E-state index contributed by atoms with van der Waals surface area (Å²) >= 11 is 0. The first kappa shape index (κ1) is 13.3. The van der Waals surface area contributed by atoms with Crippen molar-refractivity contribution in [3.8, 4) is 0 Å². The Balaban J connectivity index is 1.72. The standard InChI is InChI=1S/C17H24O/c1-14-10-12-16(13-11-14)17(18)9-5-8-15-6-3-2-4-7-15/h10-13,15H,2-9H2,1H3. The molecule has 0 spiro atoms. The fourth-order valence-corrected chi connectivity index (χ4v) is 2.91. The molecule has 1 heteroatoms. The highest BCUT2D eigenvalue weighted by atomic mass is 16.1. The molecule has 18 heavy (non-hydrogen) atoms. The summed E-state index contributed by atoms with van der Waals surface area (Å²) < 4.78 is 0. The van der Waals surface area contributed by atoms with Crippen molar-refractivity contribution in [3.05, 3.63) is 35.4 Å². The Labute approximate surface area is 111 Å². The van der Waals surface area contributed by atoms with Gasteiger partial charge in [-0.25, -0.2) is 0 Å². The minimum absolute atomic E-state index is 0.311. The highest BCUT2D eigenvalue weighted by Gasteiger charge is 2.13. The second kappa shape index (κ2) is 6.72. The molecule has 0 aliphatic heterocycles. The van der Waals surface area contributed by atoms with E-state index in [1.807, 2.05) is 24.3 Å². The van der Waals surface area contributed by atoms with Crippen LogP contribution in [0.3, 0.4) is 0 Å². The van der Waals surface area contributed by atoms with E-state index in [4.69, 9.17) is 0 Å². The van der Waals surface area contributed by atoms with Gasteiger partial charge in [0.2, 0.25) is 0 Å². The van der Waals surface area contributed by atoms with Gasteiger partial charge in [0.1, 0.15) is 0 Å². The predicted octanol–water partition coefficient (Wildman–Crippen LogP) is 4.93. The molecule has 1 fully saturated rings.